The lowest BCUT2D eigenvalue weighted by Crippen LogP contribution is -2.11. The van der Waals surface area contributed by atoms with Gasteiger partial charge in [-0.25, -0.2) is 0 Å². The zero-order valence-electron chi connectivity index (χ0n) is 29.1. The third-order valence-corrected chi connectivity index (χ3v) is 10.6. The van der Waals surface area contributed by atoms with Crippen molar-refractivity contribution in [2.24, 2.45) is 0 Å². The number of para-hydroxylation sites is 4. The van der Waals surface area contributed by atoms with Crippen LogP contribution >= 0.6 is 0 Å². The lowest BCUT2D eigenvalue weighted by Gasteiger charge is -2.15. The Kier molecular flexibility index (Phi) is 6.79. The highest BCUT2D eigenvalue weighted by Gasteiger charge is 2.19. The molecule has 3 aromatic heterocycles. The van der Waals surface area contributed by atoms with Crippen molar-refractivity contribution in [3.8, 4) is 23.3 Å². The quantitative estimate of drug-likeness (QED) is 0.185. The largest absolute Gasteiger partial charge is 0.278 e. The molecule has 0 radical (unpaired) electrons. The molecule has 3 heterocycles. The number of hydrogen-bond acceptors (Lipinski definition) is 3. The third kappa shape index (κ3) is 4.69. The molecule has 0 unspecified atom stereocenters. The van der Waals surface area contributed by atoms with E-state index in [4.69, 9.17) is 15.0 Å². The van der Waals surface area contributed by atoms with E-state index < -0.39 is 0 Å². The highest BCUT2D eigenvalue weighted by Crippen LogP contribution is 2.35. The molecule has 5 heteroatoms. The standard InChI is InChI=1S/C49H31N5/c1-2-16-33-31-34(30-29-32(33)15-1)47-50-48(52-49(51-47)54-45-27-13-9-23-41(45)42-24-10-14-28-46(42)54)53-43-25-11-7-21-39(43)37-19-5-3-17-35(37)36-18-4-6-20-38(36)40-22-8-12-26-44(40)53/h1-31H. The van der Waals surface area contributed by atoms with E-state index in [-0.39, 0.29) is 0 Å². The Morgan fingerprint density at radius 2 is 0.611 bits per heavy atom. The van der Waals surface area contributed by atoms with Crippen molar-refractivity contribution >= 4 is 75.9 Å². The van der Waals surface area contributed by atoms with E-state index >= 15 is 0 Å². The maximum absolute atomic E-state index is 5.47. The summed E-state index contributed by atoms with van der Waals surface area (Å²) in [5.41, 5.74) is 4.95. The van der Waals surface area contributed by atoms with Gasteiger partial charge in [0, 0.05) is 27.1 Å². The third-order valence-electron chi connectivity index (χ3n) is 10.6. The molecule has 11 rings (SSSR count). The van der Waals surface area contributed by atoms with Crippen molar-refractivity contribution in [1.29, 1.82) is 0 Å². The summed E-state index contributed by atoms with van der Waals surface area (Å²) in [5.74, 6) is 1.68. The van der Waals surface area contributed by atoms with Gasteiger partial charge in [-0.3, -0.25) is 9.13 Å². The fourth-order valence-electron chi connectivity index (χ4n) is 8.19. The number of rotatable bonds is 3. The summed E-state index contributed by atoms with van der Waals surface area (Å²) in [5, 5.41) is 11.4. The van der Waals surface area contributed by atoms with Crippen LogP contribution in [0.4, 0.5) is 0 Å². The van der Waals surface area contributed by atoms with Crippen LogP contribution in [0.5, 0.6) is 0 Å². The average molecular weight is 690 g/mol. The van der Waals surface area contributed by atoms with Crippen molar-refractivity contribution in [1.82, 2.24) is 24.1 Å². The Morgan fingerprint density at radius 1 is 0.278 bits per heavy atom. The summed E-state index contributed by atoms with van der Waals surface area (Å²) in [7, 11) is 0. The Morgan fingerprint density at radius 3 is 1.06 bits per heavy atom. The molecule has 0 bridgehead atoms. The Hall–Kier alpha value is -7.37. The molecule has 0 amide bonds. The van der Waals surface area contributed by atoms with Gasteiger partial charge in [0.05, 0.1) is 22.1 Å². The molecule has 54 heavy (non-hydrogen) atoms. The fourth-order valence-corrected chi connectivity index (χ4v) is 8.19. The van der Waals surface area contributed by atoms with E-state index in [1.807, 2.05) is 0 Å². The van der Waals surface area contributed by atoms with Crippen LogP contribution < -0.4 is 0 Å². The van der Waals surface area contributed by atoms with Crippen molar-refractivity contribution in [2.75, 3.05) is 0 Å². The minimum Gasteiger partial charge on any atom is -0.278 e. The Labute approximate surface area is 310 Å². The first-order chi connectivity index (χ1) is 26.8. The highest BCUT2D eigenvalue weighted by molar-refractivity contribution is 6.19. The Bertz CT molecular complexity index is 3200. The lowest BCUT2D eigenvalue weighted by molar-refractivity contribution is 0.891. The van der Waals surface area contributed by atoms with Gasteiger partial charge in [0.1, 0.15) is 0 Å². The second-order valence-corrected chi connectivity index (χ2v) is 13.7. The summed E-state index contributed by atoms with van der Waals surface area (Å²) >= 11 is 0. The van der Waals surface area contributed by atoms with Crippen LogP contribution in [-0.4, -0.2) is 24.1 Å². The van der Waals surface area contributed by atoms with Crippen LogP contribution in [0, 0.1) is 0 Å². The van der Waals surface area contributed by atoms with E-state index in [1.54, 1.807) is 0 Å². The first-order valence-corrected chi connectivity index (χ1v) is 18.2. The molecule has 0 saturated carbocycles. The smallest absolute Gasteiger partial charge is 0.240 e. The molecule has 11 aromatic rings. The topological polar surface area (TPSA) is 48.5 Å². The minimum absolute atomic E-state index is 0.529. The molecule has 0 aliphatic carbocycles. The summed E-state index contributed by atoms with van der Waals surface area (Å²) in [6, 6.07) is 66.4. The molecule has 0 atom stereocenters. The number of nitrogens with zero attached hydrogens (tertiary/aromatic N) is 5. The summed E-state index contributed by atoms with van der Waals surface area (Å²) in [6.07, 6.45) is 0. The summed E-state index contributed by atoms with van der Waals surface area (Å²) in [6.45, 7) is 0. The monoisotopic (exact) mass is 689 g/mol. The molecule has 252 valence electrons. The highest BCUT2D eigenvalue weighted by atomic mass is 15.3. The minimum atomic E-state index is 0.529. The molecule has 0 spiro atoms. The summed E-state index contributed by atoms with van der Waals surface area (Å²) < 4.78 is 4.41. The van der Waals surface area contributed by atoms with Crippen molar-refractivity contribution < 1.29 is 0 Å². The molecular weight excluding hydrogens is 659 g/mol. The maximum Gasteiger partial charge on any atom is 0.240 e. The van der Waals surface area contributed by atoms with Gasteiger partial charge in [-0.2, -0.15) is 15.0 Å². The van der Waals surface area contributed by atoms with Crippen LogP contribution in [0.3, 0.4) is 0 Å². The van der Waals surface area contributed by atoms with Gasteiger partial charge >= 0.3 is 0 Å². The van der Waals surface area contributed by atoms with Crippen LogP contribution in [0.15, 0.2) is 188 Å². The second kappa shape index (κ2) is 12.1. The molecule has 0 aliphatic rings. The molecule has 0 fully saturated rings. The predicted octanol–water partition coefficient (Wildman–Crippen LogP) is 12.3. The van der Waals surface area contributed by atoms with E-state index in [9.17, 15) is 0 Å². The van der Waals surface area contributed by atoms with Gasteiger partial charge in [0.2, 0.25) is 11.9 Å². The number of fused-ring (bicyclic) bond motifs is 11. The van der Waals surface area contributed by atoms with Crippen molar-refractivity contribution in [3.63, 3.8) is 0 Å². The molecule has 0 N–H and O–H groups in total. The first kappa shape index (κ1) is 30.3. The van der Waals surface area contributed by atoms with Crippen LogP contribution in [0.25, 0.3) is 99.2 Å². The van der Waals surface area contributed by atoms with E-state index in [1.165, 1.54) is 16.2 Å². The zero-order chi connectivity index (χ0) is 35.6. The number of aromatic nitrogens is 5. The Balaban J connectivity index is 1.36. The van der Waals surface area contributed by atoms with Gasteiger partial charge in [-0.05, 0) is 62.6 Å². The number of hydrogen-bond donors (Lipinski definition) is 0. The second-order valence-electron chi connectivity index (χ2n) is 13.7. The molecular formula is C49H31N5. The first-order valence-electron chi connectivity index (χ1n) is 18.2. The lowest BCUT2D eigenvalue weighted by atomic mass is 10.0. The maximum atomic E-state index is 5.47. The van der Waals surface area contributed by atoms with E-state index in [2.05, 4.69) is 197 Å². The average Bonchev–Trinajstić information content (AvgIpc) is 3.60. The van der Waals surface area contributed by atoms with Gasteiger partial charge in [0.15, 0.2) is 5.82 Å². The van der Waals surface area contributed by atoms with Crippen molar-refractivity contribution in [3.05, 3.63) is 188 Å². The van der Waals surface area contributed by atoms with Crippen LogP contribution in [0.2, 0.25) is 0 Å². The molecule has 5 nitrogen and oxygen atoms in total. The number of benzene rings is 8. The van der Waals surface area contributed by atoms with Gasteiger partial charge in [-0.1, -0.05) is 158 Å². The van der Waals surface area contributed by atoms with Gasteiger partial charge in [-0.15, -0.1) is 0 Å². The predicted molar refractivity (Wildman–Crippen MR) is 224 cm³/mol. The van der Waals surface area contributed by atoms with Crippen LogP contribution in [-0.2, 0) is 0 Å². The molecule has 8 aromatic carbocycles. The van der Waals surface area contributed by atoms with Gasteiger partial charge in [0.25, 0.3) is 0 Å². The van der Waals surface area contributed by atoms with Gasteiger partial charge < -0.3 is 0 Å². The zero-order valence-corrected chi connectivity index (χ0v) is 29.1. The normalized spacial score (nSPS) is 11.7. The molecule has 0 saturated heterocycles. The summed E-state index contributed by atoms with van der Waals surface area (Å²) in [4.78, 5) is 16.2. The van der Waals surface area contributed by atoms with Crippen LogP contribution in [0.1, 0.15) is 0 Å². The van der Waals surface area contributed by atoms with E-state index in [0.717, 1.165) is 65.3 Å². The van der Waals surface area contributed by atoms with E-state index in [0.29, 0.717) is 17.7 Å². The SMILES string of the molecule is c1ccc2cc(-c3nc(-n4c5ccccc5c5ccccc5c5ccccc5c5ccccc54)nc(-n4c5ccccc5c5ccccc54)n3)ccc2c1. The van der Waals surface area contributed by atoms with Crippen molar-refractivity contribution in [2.45, 2.75) is 0 Å². The molecule has 0 aliphatic heterocycles. The fraction of sp³-hybridized carbons (Fsp3) is 0.